The number of hydrogen-bond acceptors (Lipinski definition) is 5. The van der Waals surface area contributed by atoms with E-state index in [-0.39, 0.29) is 0 Å². The molecule has 100 valence electrons. The lowest BCUT2D eigenvalue weighted by atomic mass is 10.1. The van der Waals surface area contributed by atoms with E-state index in [9.17, 15) is 0 Å². The molecule has 3 rings (SSSR count). The smallest absolute Gasteiger partial charge is 0.134 e. The number of hydrogen-bond donors (Lipinski definition) is 1. The molecule has 20 heavy (non-hydrogen) atoms. The molecule has 0 spiro atoms. The third-order valence-electron chi connectivity index (χ3n) is 2.84. The van der Waals surface area contributed by atoms with E-state index in [0.717, 1.165) is 28.5 Å². The Morgan fingerprint density at radius 1 is 1.15 bits per heavy atom. The van der Waals surface area contributed by atoms with E-state index in [1.54, 1.807) is 24.8 Å². The summed E-state index contributed by atoms with van der Waals surface area (Å²) in [5.41, 5.74) is 2.81. The molecule has 2 heterocycles. The maximum absolute atomic E-state index is 5.37. The molecule has 0 unspecified atom stereocenters. The van der Waals surface area contributed by atoms with Crippen LogP contribution in [0.2, 0.25) is 0 Å². The summed E-state index contributed by atoms with van der Waals surface area (Å²) in [5, 5.41) is 7.30. The van der Waals surface area contributed by atoms with Crippen molar-refractivity contribution in [2.75, 3.05) is 12.4 Å². The summed E-state index contributed by atoms with van der Waals surface area (Å²) in [7, 11) is 1.66. The minimum atomic E-state index is 0.763. The zero-order chi connectivity index (χ0) is 13.8. The lowest BCUT2D eigenvalue weighted by molar-refractivity contribution is 0.416. The molecular formula is C15H13N3OS. The third kappa shape index (κ3) is 2.62. The molecule has 0 saturated carbocycles. The molecule has 3 aromatic rings. The normalized spacial score (nSPS) is 10.2. The standard InChI is InChI=1S/C15H13N3OS/c1-19-14-5-3-2-4-12(14)13-8-15(17-10-16-13)18-11-6-7-20-9-11/h2-10H,1H3,(H,16,17,18). The lowest BCUT2D eigenvalue weighted by Crippen LogP contribution is -1.95. The van der Waals surface area contributed by atoms with Gasteiger partial charge in [-0.1, -0.05) is 12.1 Å². The first kappa shape index (κ1) is 12.6. The van der Waals surface area contributed by atoms with Crippen molar-refractivity contribution in [1.29, 1.82) is 0 Å². The zero-order valence-corrected chi connectivity index (χ0v) is 11.7. The number of thiophene rings is 1. The molecule has 0 atom stereocenters. The van der Waals surface area contributed by atoms with Crippen LogP contribution < -0.4 is 10.1 Å². The van der Waals surface area contributed by atoms with E-state index in [0.29, 0.717) is 0 Å². The average Bonchev–Trinajstić information content (AvgIpc) is 3.00. The Balaban J connectivity index is 1.94. The van der Waals surface area contributed by atoms with Gasteiger partial charge in [-0.05, 0) is 23.6 Å². The van der Waals surface area contributed by atoms with E-state index in [1.165, 1.54) is 0 Å². The second kappa shape index (κ2) is 5.71. The summed E-state index contributed by atoms with van der Waals surface area (Å²) < 4.78 is 5.37. The molecular weight excluding hydrogens is 270 g/mol. The summed E-state index contributed by atoms with van der Waals surface area (Å²) in [6, 6.07) is 11.7. The van der Waals surface area contributed by atoms with E-state index in [4.69, 9.17) is 4.74 Å². The summed E-state index contributed by atoms with van der Waals surface area (Å²) in [4.78, 5) is 8.56. The lowest BCUT2D eigenvalue weighted by Gasteiger charge is -2.09. The third-order valence-corrected chi connectivity index (χ3v) is 3.53. The first-order valence-corrected chi connectivity index (χ1v) is 7.06. The molecule has 0 bridgehead atoms. The fraction of sp³-hybridized carbons (Fsp3) is 0.0667. The van der Waals surface area contributed by atoms with Crippen LogP contribution in [0.1, 0.15) is 0 Å². The number of nitrogens with one attached hydrogen (secondary N) is 1. The Labute approximate surface area is 121 Å². The Kier molecular flexibility index (Phi) is 3.60. The molecule has 0 aliphatic carbocycles. The number of methoxy groups -OCH3 is 1. The van der Waals surface area contributed by atoms with Crippen molar-refractivity contribution >= 4 is 22.8 Å². The van der Waals surface area contributed by atoms with Crippen LogP contribution in [0, 0.1) is 0 Å². The molecule has 0 saturated heterocycles. The van der Waals surface area contributed by atoms with E-state index < -0.39 is 0 Å². The van der Waals surface area contributed by atoms with Crippen LogP contribution in [0.3, 0.4) is 0 Å². The Bertz CT molecular complexity index is 698. The molecule has 0 radical (unpaired) electrons. The van der Waals surface area contributed by atoms with Gasteiger partial charge in [0.15, 0.2) is 0 Å². The van der Waals surface area contributed by atoms with Gasteiger partial charge in [0.25, 0.3) is 0 Å². The van der Waals surface area contributed by atoms with Gasteiger partial charge in [0, 0.05) is 17.0 Å². The second-order valence-corrected chi connectivity index (χ2v) is 4.91. The highest BCUT2D eigenvalue weighted by Crippen LogP contribution is 2.29. The number of para-hydroxylation sites is 1. The van der Waals surface area contributed by atoms with Crippen molar-refractivity contribution < 1.29 is 4.74 Å². The van der Waals surface area contributed by atoms with Crippen molar-refractivity contribution in [2.24, 2.45) is 0 Å². The van der Waals surface area contributed by atoms with Gasteiger partial charge in [-0.25, -0.2) is 9.97 Å². The minimum Gasteiger partial charge on any atom is -0.496 e. The van der Waals surface area contributed by atoms with Gasteiger partial charge < -0.3 is 10.1 Å². The molecule has 0 aliphatic rings. The highest BCUT2D eigenvalue weighted by molar-refractivity contribution is 7.08. The fourth-order valence-corrected chi connectivity index (χ4v) is 2.50. The van der Waals surface area contributed by atoms with Crippen LogP contribution in [0.5, 0.6) is 5.75 Å². The quantitative estimate of drug-likeness (QED) is 0.787. The maximum Gasteiger partial charge on any atom is 0.134 e. The number of rotatable bonds is 4. The van der Waals surface area contributed by atoms with Crippen molar-refractivity contribution in [2.45, 2.75) is 0 Å². The van der Waals surface area contributed by atoms with Crippen LogP contribution in [-0.4, -0.2) is 17.1 Å². The van der Waals surface area contributed by atoms with Crippen molar-refractivity contribution in [3.8, 4) is 17.0 Å². The highest BCUT2D eigenvalue weighted by Gasteiger charge is 2.07. The summed E-state index contributed by atoms with van der Waals surface area (Å²) in [5.74, 6) is 1.56. The molecule has 0 fully saturated rings. The molecule has 1 N–H and O–H groups in total. The maximum atomic E-state index is 5.37. The molecule has 5 heteroatoms. The van der Waals surface area contributed by atoms with Gasteiger partial charge in [0.2, 0.25) is 0 Å². The van der Waals surface area contributed by atoms with Crippen molar-refractivity contribution in [1.82, 2.24) is 9.97 Å². The largest absolute Gasteiger partial charge is 0.496 e. The SMILES string of the molecule is COc1ccccc1-c1cc(Nc2ccsc2)ncn1. The van der Waals surface area contributed by atoms with Crippen LogP contribution in [0.15, 0.2) is 53.5 Å². The van der Waals surface area contributed by atoms with E-state index >= 15 is 0 Å². The van der Waals surface area contributed by atoms with Gasteiger partial charge >= 0.3 is 0 Å². The van der Waals surface area contributed by atoms with Gasteiger partial charge in [-0.15, -0.1) is 0 Å². The van der Waals surface area contributed by atoms with Crippen molar-refractivity contribution in [3.63, 3.8) is 0 Å². The van der Waals surface area contributed by atoms with Crippen LogP contribution in [0.25, 0.3) is 11.3 Å². The molecule has 4 nitrogen and oxygen atoms in total. The molecule has 0 aliphatic heterocycles. The zero-order valence-electron chi connectivity index (χ0n) is 10.9. The molecule has 2 aromatic heterocycles. The number of anilines is 2. The summed E-state index contributed by atoms with van der Waals surface area (Å²) >= 11 is 1.64. The predicted octanol–water partition coefficient (Wildman–Crippen LogP) is 3.96. The summed E-state index contributed by atoms with van der Waals surface area (Å²) in [6.45, 7) is 0. The van der Waals surface area contributed by atoms with E-state index in [1.807, 2.05) is 47.2 Å². The fourth-order valence-electron chi connectivity index (χ4n) is 1.91. The van der Waals surface area contributed by atoms with Gasteiger partial charge in [-0.3, -0.25) is 0 Å². The monoisotopic (exact) mass is 283 g/mol. The van der Waals surface area contributed by atoms with Crippen LogP contribution in [-0.2, 0) is 0 Å². The second-order valence-electron chi connectivity index (χ2n) is 4.13. The van der Waals surface area contributed by atoms with E-state index in [2.05, 4.69) is 15.3 Å². The van der Waals surface area contributed by atoms with Gasteiger partial charge in [0.05, 0.1) is 18.5 Å². The van der Waals surface area contributed by atoms with Gasteiger partial charge in [-0.2, -0.15) is 11.3 Å². The Morgan fingerprint density at radius 3 is 2.85 bits per heavy atom. The number of aromatic nitrogens is 2. The van der Waals surface area contributed by atoms with Crippen LogP contribution >= 0.6 is 11.3 Å². The molecule has 1 aromatic carbocycles. The molecule has 0 amide bonds. The minimum absolute atomic E-state index is 0.763. The topological polar surface area (TPSA) is 47.0 Å². The first-order valence-electron chi connectivity index (χ1n) is 6.11. The summed E-state index contributed by atoms with van der Waals surface area (Å²) in [6.07, 6.45) is 1.55. The number of benzene rings is 1. The average molecular weight is 283 g/mol. The first-order chi connectivity index (χ1) is 9.86. The Morgan fingerprint density at radius 2 is 2.05 bits per heavy atom. The predicted molar refractivity (Wildman–Crippen MR) is 81.6 cm³/mol. The number of nitrogens with zero attached hydrogens (tertiary/aromatic N) is 2. The van der Waals surface area contributed by atoms with Gasteiger partial charge in [0.1, 0.15) is 17.9 Å². The Hall–Kier alpha value is -2.40. The number of ether oxygens (including phenoxy) is 1. The van der Waals surface area contributed by atoms with Crippen LogP contribution in [0.4, 0.5) is 11.5 Å². The van der Waals surface area contributed by atoms with Crippen molar-refractivity contribution in [3.05, 3.63) is 53.5 Å². The highest BCUT2D eigenvalue weighted by atomic mass is 32.1.